The zero-order chi connectivity index (χ0) is 16.1. The van der Waals surface area contributed by atoms with E-state index in [-0.39, 0.29) is 5.91 Å². The molecule has 2 heterocycles. The van der Waals surface area contributed by atoms with Crippen LogP contribution in [0.25, 0.3) is 0 Å². The third-order valence-electron chi connectivity index (χ3n) is 3.04. The average molecular weight is 373 g/mol. The Kier molecular flexibility index (Phi) is 4.68. The van der Waals surface area contributed by atoms with Crippen molar-refractivity contribution in [1.82, 2.24) is 15.3 Å². The molecule has 0 unspecified atom stereocenters. The van der Waals surface area contributed by atoms with Crippen molar-refractivity contribution in [2.24, 2.45) is 0 Å². The van der Waals surface area contributed by atoms with Gasteiger partial charge in [-0.1, -0.05) is 12.1 Å². The number of benzene rings is 1. The van der Waals surface area contributed by atoms with E-state index in [0.717, 1.165) is 10.2 Å². The highest BCUT2D eigenvalue weighted by atomic mass is 79.9. The van der Waals surface area contributed by atoms with Crippen LogP contribution < -0.4 is 10.6 Å². The highest BCUT2D eigenvalue weighted by Gasteiger charge is 2.08. The molecule has 7 heteroatoms. The maximum Gasteiger partial charge on any atom is 0.254 e. The van der Waals surface area contributed by atoms with Gasteiger partial charge < -0.3 is 15.1 Å². The summed E-state index contributed by atoms with van der Waals surface area (Å²) in [6.07, 6.45) is 4.51. The monoisotopic (exact) mass is 372 g/mol. The lowest BCUT2D eigenvalue weighted by atomic mass is 10.3. The molecule has 0 fully saturated rings. The second-order valence-corrected chi connectivity index (χ2v) is 5.52. The number of nitrogens with zero attached hydrogens (tertiary/aromatic N) is 2. The van der Waals surface area contributed by atoms with Crippen molar-refractivity contribution < 1.29 is 9.21 Å². The molecule has 0 aliphatic heterocycles. The van der Waals surface area contributed by atoms with Crippen LogP contribution in [0.5, 0.6) is 0 Å². The van der Waals surface area contributed by atoms with E-state index in [9.17, 15) is 4.79 Å². The maximum absolute atomic E-state index is 12.0. The average Bonchev–Trinajstić information content (AvgIpc) is 3.09. The minimum absolute atomic E-state index is 0.256. The number of anilines is 2. The van der Waals surface area contributed by atoms with Crippen molar-refractivity contribution in [3.05, 3.63) is 70.9 Å². The number of halogens is 1. The van der Waals surface area contributed by atoms with Crippen LogP contribution >= 0.6 is 15.9 Å². The van der Waals surface area contributed by atoms with Crippen LogP contribution in [0.15, 0.2) is 63.9 Å². The van der Waals surface area contributed by atoms with E-state index in [0.29, 0.717) is 23.8 Å². The van der Waals surface area contributed by atoms with E-state index in [1.165, 1.54) is 12.4 Å². The Balaban J connectivity index is 1.62. The molecule has 0 spiro atoms. The Morgan fingerprint density at radius 2 is 1.91 bits per heavy atom. The molecule has 2 N–H and O–H groups in total. The Morgan fingerprint density at radius 1 is 1.13 bits per heavy atom. The van der Waals surface area contributed by atoms with Crippen molar-refractivity contribution in [2.75, 3.05) is 5.32 Å². The second-order valence-electron chi connectivity index (χ2n) is 4.66. The number of rotatable bonds is 5. The summed E-state index contributed by atoms with van der Waals surface area (Å²) in [6, 6.07) is 11.2. The van der Waals surface area contributed by atoms with Crippen molar-refractivity contribution in [2.45, 2.75) is 6.54 Å². The molecule has 3 rings (SSSR count). The quantitative estimate of drug-likeness (QED) is 0.716. The molecular formula is C16H13BrN4O2. The molecule has 2 aromatic heterocycles. The number of nitrogens with one attached hydrogen (secondary N) is 2. The highest BCUT2D eigenvalue weighted by Crippen LogP contribution is 2.23. The minimum atomic E-state index is -0.256. The SMILES string of the molecule is O=C(NCc1ccco1)c1cnc(Nc2ccccc2Br)nc1. The number of carbonyl (C=O) groups is 1. The van der Waals surface area contributed by atoms with Crippen LogP contribution in [0.3, 0.4) is 0 Å². The van der Waals surface area contributed by atoms with E-state index in [1.807, 2.05) is 24.3 Å². The number of amides is 1. The lowest BCUT2D eigenvalue weighted by Crippen LogP contribution is -2.23. The maximum atomic E-state index is 12.0. The molecule has 116 valence electrons. The summed E-state index contributed by atoms with van der Waals surface area (Å²) in [6.45, 7) is 0.322. The lowest BCUT2D eigenvalue weighted by Gasteiger charge is -2.07. The van der Waals surface area contributed by atoms with Crippen LogP contribution in [0.4, 0.5) is 11.6 Å². The van der Waals surface area contributed by atoms with E-state index < -0.39 is 0 Å². The van der Waals surface area contributed by atoms with Crippen molar-refractivity contribution in [3.8, 4) is 0 Å². The number of hydrogen-bond acceptors (Lipinski definition) is 5. The third kappa shape index (κ3) is 3.95. The van der Waals surface area contributed by atoms with Gasteiger partial charge in [0.15, 0.2) is 0 Å². The van der Waals surface area contributed by atoms with E-state index in [1.54, 1.807) is 18.4 Å². The van der Waals surface area contributed by atoms with Gasteiger partial charge >= 0.3 is 0 Å². The molecule has 0 aliphatic rings. The fourth-order valence-electron chi connectivity index (χ4n) is 1.88. The normalized spacial score (nSPS) is 10.3. The van der Waals surface area contributed by atoms with Crippen molar-refractivity contribution in [3.63, 3.8) is 0 Å². The molecule has 0 atom stereocenters. The zero-order valence-electron chi connectivity index (χ0n) is 12.0. The number of furan rings is 1. The predicted octanol–water partition coefficient (Wildman–Crippen LogP) is 3.51. The molecule has 0 bridgehead atoms. The first kappa shape index (κ1) is 15.2. The van der Waals surface area contributed by atoms with E-state index >= 15 is 0 Å². The van der Waals surface area contributed by atoms with Gasteiger partial charge in [-0.2, -0.15) is 0 Å². The summed E-state index contributed by atoms with van der Waals surface area (Å²) in [5.41, 5.74) is 1.23. The molecule has 1 amide bonds. The molecule has 1 aromatic carbocycles. The van der Waals surface area contributed by atoms with Gasteiger partial charge in [-0.15, -0.1) is 0 Å². The number of carbonyl (C=O) groups excluding carboxylic acids is 1. The number of para-hydroxylation sites is 1. The summed E-state index contributed by atoms with van der Waals surface area (Å²) < 4.78 is 6.06. The van der Waals surface area contributed by atoms with Crippen LogP contribution in [0.1, 0.15) is 16.1 Å². The largest absolute Gasteiger partial charge is 0.467 e. The van der Waals surface area contributed by atoms with Gasteiger partial charge in [0.2, 0.25) is 5.95 Å². The molecule has 0 saturated heterocycles. The van der Waals surface area contributed by atoms with E-state index in [4.69, 9.17) is 4.42 Å². The summed E-state index contributed by atoms with van der Waals surface area (Å²) in [5.74, 6) is 0.847. The van der Waals surface area contributed by atoms with Crippen LogP contribution in [-0.2, 0) is 6.54 Å². The Hall–Kier alpha value is -2.67. The van der Waals surface area contributed by atoms with Crippen molar-refractivity contribution in [1.29, 1.82) is 0 Å². The van der Waals surface area contributed by atoms with Gasteiger partial charge in [0, 0.05) is 16.9 Å². The Morgan fingerprint density at radius 3 is 2.61 bits per heavy atom. The van der Waals surface area contributed by atoms with Gasteiger partial charge in [0.25, 0.3) is 5.91 Å². The topological polar surface area (TPSA) is 80.0 Å². The Bertz CT molecular complexity index is 788. The summed E-state index contributed by atoms with van der Waals surface area (Å²) in [5, 5.41) is 5.82. The van der Waals surface area contributed by atoms with Gasteiger partial charge in [-0.25, -0.2) is 9.97 Å². The fraction of sp³-hybridized carbons (Fsp3) is 0.0625. The highest BCUT2D eigenvalue weighted by molar-refractivity contribution is 9.10. The molecule has 0 radical (unpaired) electrons. The minimum Gasteiger partial charge on any atom is -0.467 e. The molecule has 0 aliphatic carbocycles. The van der Waals surface area contributed by atoms with Crippen LogP contribution in [0, 0.1) is 0 Å². The molecule has 23 heavy (non-hydrogen) atoms. The van der Waals surface area contributed by atoms with Gasteiger partial charge in [0.05, 0.1) is 24.1 Å². The van der Waals surface area contributed by atoms with Gasteiger partial charge in [0.1, 0.15) is 5.76 Å². The zero-order valence-corrected chi connectivity index (χ0v) is 13.6. The molecule has 6 nitrogen and oxygen atoms in total. The first-order valence-electron chi connectivity index (χ1n) is 6.86. The first-order valence-corrected chi connectivity index (χ1v) is 7.66. The van der Waals surface area contributed by atoms with Crippen molar-refractivity contribution >= 4 is 33.5 Å². The van der Waals surface area contributed by atoms with Gasteiger partial charge in [-0.3, -0.25) is 4.79 Å². The summed E-state index contributed by atoms with van der Waals surface area (Å²) in [7, 11) is 0. The standard InChI is InChI=1S/C16H13BrN4O2/c17-13-5-1-2-6-14(13)21-16-19-8-11(9-20-16)15(22)18-10-12-4-3-7-23-12/h1-9H,10H2,(H,18,22)(H,19,20,21). The van der Waals surface area contributed by atoms with Gasteiger partial charge in [-0.05, 0) is 40.2 Å². The predicted molar refractivity (Wildman–Crippen MR) is 89.3 cm³/mol. The number of aromatic nitrogens is 2. The van der Waals surface area contributed by atoms with Crippen LogP contribution in [-0.4, -0.2) is 15.9 Å². The fourth-order valence-corrected chi connectivity index (χ4v) is 2.26. The smallest absolute Gasteiger partial charge is 0.254 e. The van der Waals surface area contributed by atoms with E-state index in [2.05, 4.69) is 36.5 Å². The first-order chi connectivity index (χ1) is 11.2. The molecule has 3 aromatic rings. The number of hydrogen-bond donors (Lipinski definition) is 2. The second kappa shape index (κ2) is 7.06. The lowest BCUT2D eigenvalue weighted by molar-refractivity contribution is 0.0947. The summed E-state index contributed by atoms with van der Waals surface area (Å²) in [4.78, 5) is 20.3. The summed E-state index contributed by atoms with van der Waals surface area (Å²) >= 11 is 3.44. The Labute approximate surface area is 141 Å². The molecular weight excluding hydrogens is 360 g/mol. The molecule has 0 saturated carbocycles. The van der Waals surface area contributed by atoms with Crippen LogP contribution in [0.2, 0.25) is 0 Å². The third-order valence-corrected chi connectivity index (χ3v) is 3.73.